The Bertz CT molecular complexity index is 657. The summed E-state index contributed by atoms with van der Waals surface area (Å²) in [5, 5.41) is 0. The predicted molar refractivity (Wildman–Crippen MR) is 77.9 cm³/mol. The van der Waals surface area contributed by atoms with Crippen molar-refractivity contribution in [2.75, 3.05) is 5.75 Å². The van der Waals surface area contributed by atoms with E-state index in [4.69, 9.17) is 5.73 Å². The summed E-state index contributed by atoms with van der Waals surface area (Å²) in [6.45, 7) is 1.55. The first-order valence-electron chi connectivity index (χ1n) is 6.51. The van der Waals surface area contributed by atoms with E-state index in [0.29, 0.717) is 5.56 Å². The van der Waals surface area contributed by atoms with E-state index in [1.54, 1.807) is 30.8 Å². The fourth-order valence-electron chi connectivity index (χ4n) is 2.62. The van der Waals surface area contributed by atoms with E-state index in [1.807, 2.05) is 24.3 Å². The van der Waals surface area contributed by atoms with Crippen LogP contribution in [0, 0.1) is 18.6 Å². The van der Waals surface area contributed by atoms with Gasteiger partial charge in [-0.3, -0.25) is 0 Å². The monoisotopic (exact) mass is 291 g/mol. The van der Waals surface area contributed by atoms with Crippen LogP contribution in [-0.4, -0.2) is 5.75 Å². The van der Waals surface area contributed by atoms with Gasteiger partial charge in [-0.2, -0.15) is 0 Å². The third-order valence-electron chi connectivity index (χ3n) is 3.83. The molecule has 1 aliphatic heterocycles. The molecule has 2 aromatic carbocycles. The first-order valence-corrected chi connectivity index (χ1v) is 7.50. The van der Waals surface area contributed by atoms with Gasteiger partial charge in [0.2, 0.25) is 0 Å². The number of aryl methyl sites for hydroxylation is 1. The second-order valence-electron chi connectivity index (χ2n) is 5.08. The van der Waals surface area contributed by atoms with Crippen LogP contribution in [0.25, 0.3) is 0 Å². The van der Waals surface area contributed by atoms with Crippen molar-refractivity contribution < 1.29 is 8.78 Å². The first-order chi connectivity index (χ1) is 9.59. The van der Waals surface area contributed by atoms with Gasteiger partial charge >= 0.3 is 0 Å². The van der Waals surface area contributed by atoms with Crippen LogP contribution >= 0.6 is 11.8 Å². The molecule has 0 amide bonds. The van der Waals surface area contributed by atoms with E-state index in [1.165, 1.54) is 4.90 Å². The van der Waals surface area contributed by atoms with Crippen LogP contribution in [0.1, 0.15) is 28.7 Å². The lowest BCUT2D eigenvalue weighted by molar-refractivity contribution is 0.473. The Kier molecular flexibility index (Phi) is 3.52. The molecule has 2 aromatic rings. The molecule has 2 N–H and O–H groups in total. The van der Waals surface area contributed by atoms with Crippen LogP contribution in [0.4, 0.5) is 8.78 Å². The zero-order valence-corrected chi connectivity index (χ0v) is 11.9. The Morgan fingerprint density at radius 2 is 1.90 bits per heavy atom. The molecule has 2 unspecified atom stereocenters. The molecule has 1 aliphatic rings. The van der Waals surface area contributed by atoms with Crippen molar-refractivity contribution >= 4 is 11.8 Å². The van der Waals surface area contributed by atoms with Crippen molar-refractivity contribution in [3.05, 3.63) is 64.7 Å². The molecule has 0 bridgehead atoms. The third kappa shape index (κ3) is 2.13. The summed E-state index contributed by atoms with van der Waals surface area (Å²) in [7, 11) is 0. The summed E-state index contributed by atoms with van der Waals surface area (Å²) in [5.41, 5.74) is 7.91. The molecule has 20 heavy (non-hydrogen) atoms. The second-order valence-corrected chi connectivity index (χ2v) is 6.14. The highest BCUT2D eigenvalue weighted by atomic mass is 32.2. The standard InChI is InChI=1S/C16H15F2NS/c1-9-6-7-11(15(18)14(9)17)16(19)12-8-20-13-5-3-2-4-10(12)13/h2-7,12,16H,8,19H2,1H3. The summed E-state index contributed by atoms with van der Waals surface area (Å²) in [6, 6.07) is 10.6. The van der Waals surface area contributed by atoms with Gasteiger partial charge in [-0.15, -0.1) is 11.8 Å². The zero-order chi connectivity index (χ0) is 14.3. The number of hydrogen-bond donors (Lipinski definition) is 1. The van der Waals surface area contributed by atoms with Gasteiger partial charge in [-0.25, -0.2) is 8.78 Å². The fourth-order valence-corrected chi connectivity index (χ4v) is 3.93. The summed E-state index contributed by atoms with van der Waals surface area (Å²) in [5.74, 6) is -0.785. The Morgan fingerprint density at radius 3 is 2.70 bits per heavy atom. The summed E-state index contributed by atoms with van der Waals surface area (Å²) in [4.78, 5) is 1.18. The quantitative estimate of drug-likeness (QED) is 0.899. The highest BCUT2D eigenvalue weighted by Crippen LogP contribution is 2.45. The summed E-state index contributed by atoms with van der Waals surface area (Å²) < 4.78 is 27.8. The SMILES string of the molecule is Cc1ccc(C(N)C2CSc3ccccc32)c(F)c1F. The molecule has 4 heteroatoms. The van der Waals surface area contributed by atoms with Crippen LogP contribution < -0.4 is 5.73 Å². The highest BCUT2D eigenvalue weighted by Gasteiger charge is 2.31. The maximum Gasteiger partial charge on any atom is 0.163 e. The number of halogens is 2. The van der Waals surface area contributed by atoms with Crippen molar-refractivity contribution in [2.24, 2.45) is 5.73 Å². The van der Waals surface area contributed by atoms with Gasteiger partial charge in [0, 0.05) is 28.2 Å². The summed E-state index contributed by atoms with van der Waals surface area (Å²) in [6.07, 6.45) is 0. The van der Waals surface area contributed by atoms with Crippen molar-refractivity contribution in [3.8, 4) is 0 Å². The second kappa shape index (κ2) is 5.19. The smallest absolute Gasteiger partial charge is 0.163 e. The number of thioether (sulfide) groups is 1. The van der Waals surface area contributed by atoms with Gasteiger partial charge in [0.15, 0.2) is 11.6 Å². The van der Waals surface area contributed by atoms with Crippen molar-refractivity contribution in [3.63, 3.8) is 0 Å². The Morgan fingerprint density at radius 1 is 1.15 bits per heavy atom. The molecule has 0 saturated heterocycles. The molecular formula is C16H15F2NS. The minimum atomic E-state index is -0.813. The van der Waals surface area contributed by atoms with Crippen molar-refractivity contribution in [1.29, 1.82) is 0 Å². The van der Waals surface area contributed by atoms with Crippen LogP contribution in [0.3, 0.4) is 0 Å². The Hall–Kier alpha value is -1.39. The van der Waals surface area contributed by atoms with E-state index in [-0.39, 0.29) is 11.5 Å². The van der Waals surface area contributed by atoms with E-state index >= 15 is 0 Å². The molecule has 0 fully saturated rings. The molecule has 0 saturated carbocycles. The predicted octanol–water partition coefficient (Wildman–Crippen LogP) is 4.16. The van der Waals surface area contributed by atoms with Crippen LogP contribution in [0.5, 0.6) is 0 Å². The van der Waals surface area contributed by atoms with E-state index in [2.05, 4.69) is 0 Å². The van der Waals surface area contributed by atoms with E-state index in [9.17, 15) is 8.78 Å². The minimum Gasteiger partial charge on any atom is -0.323 e. The Balaban J connectivity index is 1.99. The number of hydrogen-bond acceptors (Lipinski definition) is 2. The third-order valence-corrected chi connectivity index (χ3v) is 5.04. The summed E-state index contributed by atoms with van der Waals surface area (Å²) >= 11 is 1.72. The Labute approximate surface area is 121 Å². The fraction of sp³-hybridized carbons (Fsp3) is 0.250. The molecule has 0 radical (unpaired) electrons. The van der Waals surface area contributed by atoms with Gasteiger partial charge in [-0.1, -0.05) is 30.3 Å². The molecule has 1 heterocycles. The molecule has 3 rings (SSSR count). The number of nitrogens with two attached hydrogens (primary N) is 1. The largest absolute Gasteiger partial charge is 0.323 e. The van der Waals surface area contributed by atoms with Crippen LogP contribution in [0.15, 0.2) is 41.3 Å². The van der Waals surface area contributed by atoms with Gasteiger partial charge in [0.25, 0.3) is 0 Å². The lowest BCUT2D eigenvalue weighted by Crippen LogP contribution is -2.21. The van der Waals surface area contributed by atoms with Crippen LogP contribution in [0.2, 0.25) is 0 Å². The van der Waals surface area contributed by atoms with E-state index < -0.39 is 17.7 Å². The molecule has 1 nitrogen and oxygen atoms in total. The molecule has 0 aromatic heterocycles. The van der Waals surface area contributed by atoms with Crippen molar-refractivity contribution in [1.82, 2.24) is 0 Å². The minimum absolute atomic E-state index is 0.0211. The van der Waals surface area contributed by atoms with Gasteiger partial charge in [-0.05, 0) is 24.1 Å². The van der Waals surface area contributed by atoms with Gasteiger partial charge < -0.3 is 5.73 Å². The molecule has 0 spiro atoms. The van der Waals surface area contributed by atoms with E-state index in [0.717, 1.165) is 11.3 Å². The lowest BCUT2D eigenvalue weighted by atomic mass is 9.88. The zero-order valence-electron chi connectivity index (χ0n) is 11.1. The highest BCUT2D eigenvalue weighted by molar-refractivity contribution is 7.99. The molecular weight excluding hydrogens is 276 g/mol. The normalized spacial score (nSPS) is 18.9. The average molecular weight is 291 g/mol. The molecule has 104 valence electrons. The van der Waals surface area contributed by atoms with Crippen molar-refractivity contribution in [2.45, 2.75) is 23.8 Å². The number of fused-ring (bicyclic) bond motifs is 1. The molecule has 2 atom stereocenters. The van der Waals surface area contributed by atoms with Crippen LogP contribution in [-0.2, 0) is 0 Å². The first kappa shape index (κ1) is 13.6. The average Bonchev–Trinajstić information content (AvgIpc) is 2.88. The van der Waals surface area contributed by atoms with Gasteiger partial charge in [0.1, 0.15) is 0 Å². The maximum atomic E-state index is 14.1. The number of rotatable bonds is 2. The topological polar surface area (TPSA) is 26.0 Å². The lowest BCUT2D eigenvalue weighted by Gasteiger charge is -2.21. The number of benzene rings is 2. The molecule has 0 aliphatic carbocycles. The maximum absolute atomic E-state index is 14.1. The van der Waals surface area contributed by atoms with Gasteiger partial charge in [0.05, 0.1) is 0 Å².